The molecule has 6 heteroatoms. The Morgan fingerprint density at radius 2 is 2.06 bits per heavy atom. The molecule has 0 spiro atoms. The van der Waals surface area contributed by atoms with Crippen molar-refractivity contribution in [1.82, 2.24) is 0 Å². The van der Waals surface area contributed by atoms with Crippen LogP contribution in [0.3, 0.4) is 0 Å². The molecule has 1 rings (SSSR count). The van der Waals surface area contributed by atoms with Gasteiger partial charge in [-0.2, -0.15) is 0 Å². The first-order valence-corrected chi connectivity index (χ1v) is 5.50. The van der Waals surface area contributed by atoms with E-state index in [-0.39, 0.29) is 6.61 Å². The molecule has 1 saturated heterocycles. The third-order valence-corrected chi connectivity index (χ3v) is 2.73. The monoisotopic (exact) mass is 236 g/mol. The number of rotatable bonds is 5. The van der Waals surface area contributed by atoms with Crippen molar-refractivity contribution in [1.29, 1.82) is 0 Å². The number of aliphatic hydroxyl groups is 4. The average Bonchev–Trinajstić information content (AvgIpc) is 2.30. The highest BCUT2D eigenvalue weighted by atomic mass is 16.7. The fourth-order valence-electron chi connectivity index (χ4n) is 1.58. The van der Waals surface area contributed by atoms with Gasteiger partial charge in [0, 0.05) is 0 Å². The van der Waals surface area contributed by atoms with Gasteiger partial charge in [0.25, 0.3) is 0 Å². The lowest BCUT2D eigenvalue weighted by Gasteiger charge is -2.43. The van der Waals surface area contributed by atoms with E-state index >= 15 is 0 Å². The first-order chi connectivity index (χ1) is 7.57. The van der Waals surface area contributed by atoms with Gasteiger partial charge in [-0.15, -0.1) is 0 Å². The van der Waals surface area contributed by atoms with E-state index in [1.54, 1.807) is 0 Å². The third-order valence-electron chi connectivity index (χ3n) is 2.73. The summed E-state index contributed by atoms with van der Waals surface area (Å²) in [4.78, 5) is 0. The van der Waals surface area contributed by atoms with E-state index in [0.29, 0.717) is 6.61 Å². The summed E-state index contributed by atoms with van der Waals surface area (Å²) >= 11 is 0. The molecule has 0 aliphatic carbocycles. The lowest BCUT2D eigenvalue weighted by Crippen LogP contribution is -2.63. The molecule has 1 aliphatic heterocycles. The number of ether oxygens (including phenoxy) is 2. The molecule has 1 unspecified atom stereocenters. The summed E-state index contributed by atoms with van der Waals surface area (Å²) < 4.78 is 10.4. The van der Waals surface area contributed by atoms with Gasteiger partial charge in [-0.05, 0) is 6.42 Å². The summed E-state index contributed by atoms with van der Waals surface area (Å²) in [5, 5.41) is 37.7. The fourth-order valence-corrected chi connectivity index (χ4v) is 1.58. The van der Waals surface area contributed by atoms with E-state index in [1.165, 1.54) is 0 Å². The summed E-state index contributed by atoms with van der Waals surface area (Å²) in [6.45, 7) is 1.55. The normalized spacial score (nSPS) is 39.9. The van der Waals surface area contributed by atoms with E-state index in [9.17, 15) is 20.4 Å². The van der Waals surface area contributed by atoms with Crippen molar-refractivity contribution >= 4 is 0 Å². The molecular formula is C10H20O6. The molecule has 0 saturated carbocycles. The molecular weight excluding hydrogens is 216 g/mol. The minimum absolute atomic E-state index is 0.176. The fraction of sp³-hybridized carbons (Fsp3) is 1.00. The maximum atomic E-state index is 9.74. The number of hydrogen-bond acceptors (Lipinski definition) is 6. The van der Waals surface area contributed by atoms with Gasteiger partial charge in [-0.1, -0.05) is 13.3 Å². The Bertz CT molecular complexity index is 211. The van der Waals surface area contributed by atoms with Gasteiger partial charge < -0.3 is 29.9 Å². The highest BCUT2D eigenvalue weighted by molar-refractivity contribution is 4.92. The second kappa shape index (κ2) is 5.90. The van der Waals surface area contributed by atoms with Gasteiger partial charge in [0.1, 0.15) is 24.9 Å². The van der Waals surface area contributed by atoms with Gasteiger partial charge >= 0.3 is 0 Å². The second-order valence-electron chi connectivity index (χ2n) is 3.99. The van der Waals surface area contributed by atoms with E-state index in [2.05, 4.69) is 0 Å². The third kappa shape index (κ3) is 2.71. The van der Waals surface area contributed by atoms with E-state index in [4.69, 9.17) is 9.47 Å². The van der Waals surface area contributed by atoms with Crippen molar-refractivity contribution in [3.8, 4) is 0 Å². The molecule has 96 valence electrons. The molecule has 16 heavy (non-hydrogen) atoms. The minimum Gasteiger partial charge on any atom is -0.391 e. The predicted octanol–water partition coefficient (Wildman–Crippen LogP) is -1.40. The first-order valence-electron chi connectivity index (χ1n) is 5.50. The molecule has 1 aliphatic rings. The summed E-state index contributed by atoms with van der Waals surface area (Å²) in [6, 6.07) is 0. The molecule has 1 heterocycles. The first kappa shape index (κ1) is 13.8. The zero-order chi connectivity index (χ0) is 12.2. The van der Waals surface area contributed by atoms with Crippen molar-refractivity contribution < 1.29 is 29.9 Å². The molecule has 6 nitrogen and oxygen atoms in total. The molecule has 0 amide bonds. The Labute approximate surface area is 94.4 Å². The lowest BCUT2D eigenvalue weighted by atomic mass is 9.97. The maximum Gasteiger partial charge on any atom is 0.221 e. The van der Waals surface area contributed by atoms with E-state index in [0.717, 1.165) is 12.8 Å². The van der Waals surface area contributed by atoms with Gasteiger partial charge in [0.2, 0.25) is 5.79 Å². The van der Waals surface area contributed by atoms with Crippen LogP contribution < -0.4 is 0 Å². The van der Waals surface area contributed by atoms with Gasteiger partial charge in [-0.25, -0.2) is 0 Å². The van der Waals surface area contributed by atoms with Crippen molar-refractivity contribution in [2.45, 2.75) is 43.9 Å². The zero-order valence-electron chi connectivity index (χ0n) is 9.37. The lowest BCUT2D eigenvalue weighted by molar-refractivity contribution is -0.348. The summed E-state index contributed by atoms with van der Waals surface area (Å²) in [5.74, 6) is -1.62. The van der Waals surface area contributed by atoms with Crippen LogP contribution in [-0.4, -0.2) is 64.3 Å². The van der Waals surface area contributed by atoms with Crippen LogP contribution >= 0.6 is 0 Å². The minimum atomic E-state index is -1.62. The van der Waals surface area contributed by atoms with Crippen LogP contribution in [0, 0.1) is 0 Å². The Balaban J connectivity index is 2.63. The van der Waals surface area contributed by atoms with Gasteiger partial charge in [0.15, 0.2) is 0 Å². The molecule has 4 N–H and O–H groups in total. The molecule has 0 radical (unpaired) electrons. The van der Waals surface area contributed by atoms with Crippen LogP contribution in [0.15, 0.2) is 0 Å². The van der Waals surface area contributed by atoms with Crippen LogP contribution in [0.1, 0.15) is 19.8 Å². The molecule has 0 aromatic carbocycles. The largest absolute Gasteiger partial charge is 0.391 e. The molecule has 4 atom stereocenters. The number of hydrogen-bond donors (Lipinski definition) is 4. The topological polar surface area (TPSA) is 99.4 Å². The van der Waals surface area contributed by atoms with Gasteiger partial charge in [-0.3, -0.25) is 0 Å². The zero-order valence-corrected chi connectivity index (χ0v) is 9.37. The van der Waals surface area contributed by atoms with E-state index in [1.807, 2.05) is 6.92 Å². The second-order valence-corrected chi connectivity index (χ2v) is 3.99. The van der Waals surface area contributed by atoms with Crippen molar-refractivity contribution in [2.75, 3.05) is 19.8 Å². The SMILES string of the molecule is CCCCOC1(CO)OC[C@@H](O)[C@@H](O)[C@@H]1O. The Morgan fingerprint density at radius 3 is 2.62 bits per heavy atom. The van der Waals surface area contributed by atoms with Crippen LogP contribution in [-0.2, 0) is 9.47 Å². The smallest absolute Gasteiger partial charge is 0.221 e. The Kier molecular flexibility index (Phi) is 5.10. The molecule has 1 fully saturated rings. The Hall–Kier alpha value is -0.240. The Morgan fingerprint density at radius 1 is 1.38 bits per heavy atom. The average molecular weight is 236 g/mol. The van der Waals surface area contributed by atoms with Crippen LogP contribution in [0.5, 0.6) is 0 Å². The summed E-state index contributed by atoms with van der Waals surface area (Å²) in [7, 11) is 0. The van der Waals surface area contributed by atoms with Gasteiger partial charge in [0.05, 0.1) is 13.2 Å². The van der Waals surface area contributed by atoms with Crippen molar-refractivity contribution in [3.05, 3.63) is 0 Å². The number of aliphatic hydroxyl groups excluding tert-OH is 4. The molecule has 0 bridgehead atoms. The highest BCUT2D eigenvalue weighted by Gasteiger charge is 2.50. The van der Waals surface area contributed by atoms with Crippen LogP contribution in [0.2, 0.25) is 0 Å². The van der Waals surface area contributed by atoms with Crippen LogP contribution in [0.25, 0.3) is 0 Å². The quantitative estimate of drug-likeness (QED) is 0.438. The summed E-state index contributed by atoms with van der Waals surface area (Å²) in [5.41, 5.74) is 0. The van der Waals surface area contributed by atoms with Crippen LogP contribution in [0.4, 0.5) is 0 Å². The standard InChI is InChI=1S/C10H20O6/c1-2-3-4-15-10(6-11)9(14)8(13)7(12)5-16-10/h7-9,11-14H,2-6H2,1H3/t7-,8-,9+,10?/m1/s1. The maximum absolute atomic E-state index is 9.74. The van der Waals surface area contributed by atoms with Crippen molar-refractivity contribution in [3.63, 3.8) is 0 Å². The van der Waals surface area contributed by atoms with E-state index < -0.39 is 30.7 Å². The summed E-state index contributed by atoms with van der Waals surface area (Å²) in [6.07, 6.45) is -2.33. The predicted molar refractivity (Wildman–Crippen MR) is 54.6 cm³/mol. The molecule has 0 aromatic rings. The van der Waals surface area contributed by atoms with Crippen molar-refractivity contribution in [2.24, 2.45) is 0 Å². The highest BCUT2D eigenvalue weighted by Crippen LogP contribution is 2.27. The number of unbranched alkanes of at least 4 members (excludes halogenated alkanes) is 1. The molecule has 0 aromatic heterocycles.